The Bertz CT molecular complexity index is 405. The van der Waals surface area contributed by atoms with Crippen LogP contribution in [0.2, 0.25) is 0 Å². The standard InChI is InChI=1S/C13H19N3O/c1-9-8-10(6-7-15-9)13(17)16-12-5-3-2-4-11(12)14/h6-8,11-12H,2-5,14H2,1H3,(H,16,17)/t11-,12-/m1/s1. The highest BCUT2D eigenvalue weighted by Gasteiger charge is 2.23. The number of rotatable bonds is 2. The number of nitrogens with one attached hydrogen (secondary N) is 1. The summed E-state index contributed by atoms with van der Waals surface area (Å²) in [6.07, 6.45) is 5.96. The van der Waals surface area contributed by atoms with Crippen molar-refractivity contribution < 1.29 is 4.79 Å². The fraction of sp³-hybridized carbons (Fsp3) is 0.538. The first-order valence-electron chi connectivity index (χ1n) is 6.16. The largest absolute Gasteiger partial charge is 0.348 e. The molecule has 92 valence electrons. The van der Waals surface area contributed by atoms with Crippen LogP contribution in [0.3, 0.4) is 0 Å². The Hall–Kier alpha value is -1.42. The van der Waals surface area contributed by atoms with Crippen molar-refractivity contribution in [1.29, 1.82) is 0 Å². The molecule has 0 spiro atoms. The lowest BCUT2D eigenvalue weighted by molar-refractivity contribution is 0.0921. The van der Waals surface area contributed by atoms with E-state index >= 15 is 0 Å². The maximum absolute atomic E-state index is 12.0. The van der Waals surface area contributed by atoms with Crippen molar-refractivity contribution in [1.82, 2.24) is 10.3 Å². The number of amides is 1. The molecule has 0 bridgehead atoms. The van der Waals surface area contributed by atoms with Crippen molar-refractivity contribution in [2.75, 3.05) is 0 Å². The summed E-state index contributed by atoms with van der Waals surface area (Å²) in [7, 11) is 0. The molecule has 0 unspecified atom stereocenters. The van der Waals surface area contributed by atoms with Gasteiger partial charge in [0.1, 0.15) is 0 Å². The number of hydrogen-bond acceptors (Lipinski definition) is 3. The predicted molar refractivity (Wildman–Crippen MR) is 66.7 cm³/mol. The third-order valence-corrected chi connectivity index (χ3v) is 3.29. The number of nitrogens with zero attached hydrogens (tertiary/aromatic N) is 1. The summed E-state index contributed by atoms with van der Waals surface area (Å²) in [4.78, 5) is 16.1. The molecule has 4 nitrogen and oxygen atoms in total. The van der Waals surface area contributed by atoms with Gasteiger partial charge in [0.25, 0.3) is 5.91 Å². The lowest BCUT2D eigenvalue weighted by Crippen LogP contribution is -2.49. The van der Waals surface area contributed by atoms with E-state index in [-0.39, 0.29) is 18.0 Å². The summed E-state index contributed by atoms with van der Waals surface area (Å²) in [6, 6.07) is 3.74. The van der Waals surface area contributed by atoms with Gasteiger partial charge in [-0.2, -0.15) is 0 Å². The van der Waals surface area contributed by atoms with E-state index < -0.39 is 0 Å². The topological polar surface area (TPSA) is 68.0 Å². The number of aromatic nitrogens is 1. The molecule has 1 fully saturated rings. The Morgan fingerprint density at radius 3 is 2.94 bits per heavy atom. The van der Waals surface area contributed by atoms with Crippen LogP contribution in [0.1, 0.15) is 41.7 Å². The van der Waals surface area contributed by atoms with Gasteiger partial charge in [-0.05, 0) is 31.9 Å². The molecular formula is C13H19N3O. The van der Waals surface area contributed by atoms with Gasteiger partial charge in [-0.15, -0.1) is 0 Å². The molecule has 1 aliphatic carbocycles. The Balaban J connectivity index is 2.01. The minimum Gasteiger partial charge on any atom is -0.348 e. The maximum atomic E-state index is 12.0. The van der Waals surface area contributed by atoms with Crippen molar-refractivity contribution in [2.45, 2.75) is 44.7 Å². The molecule has 1 heterocycles. The Kier molecular flexibility index (Phi) is 3.74. The van der Waals surface area contributed by atoms with Crippen LogP contribution >= 0.6 is 0 Å². The Morgan fingerprint density at radius 1 is 1.47 bits per heavy atom. The van der Waals surface area contributed by atoms with Gasteiger partial charge in [0.05, 0.1) is 0 Å². The molecule has 1 aromatic rings. The monoisotopic (exact) mass is 233 g/mol. The van der Waals surface area contributed by atoms with Gasteiger partial charge in [-0.1, -0.05) is 12.8 Å². The molecule has 1 aliphatic rings. The van der Waals surface area contributed by atoms with Crippen LogP contribution in [0.15, 0.2) is 18.3 Å². The first-order valence-corrected chi connectivity index (χ1v) is 6.16. The first kappa shape index (κ1) is 12.0. The van der Waals surface area contributed by atoms with Crippen LogP contribution in [0.25, 0.3) is 0 Å². The number of carbonyl (C=O) groups excluding carboxylic acids is 1. The lowest BCUT2D eigenvalue weighted by Gasteiger charge is -2.29. The molecule has 0 saturated heterocycles. The Morgan fingerprint density at radius 2 is 2.24 bits per heavy atom. The average molecular weight is 233 g/mol. The zero-order valence-electron chi connectivity index (χ0n) is 10.1. The minimum atomic E-state index is -0.0437. The van der Waals surface area contributed by atoms with Gasteiger partial charge in [0.2, 0.25) is 0 Å². The van der Waals surface area contributed by atoms with Crippen LogP contribution in [0.4, 0.5) is 0 Å². The number of carbonyl (C=O) groups is 1. The molecule has 0 radical (unpaired) electrons. The quantitative estimate of drug-likeness (QED) is 0.811. The van der Waals surface area contributed by atoms with Crippen LogP contribution in [0, 0.1) is 6.92 Å². The maximum Gasteiger partial charge on any atom is 0.251 e. The van der Waals surface area contributed by atoms with Crippen molar-refractivity contribution in [3.63, 3.8) is 0 Å². The lowest BCUT2D eigenvalue weighted by atomic mass is 9.91. The third kappa shape index (κ3) is 3.03. The fourth-order valence-electron chi connectivity index (χ4n) is 2.28. The highest BCUT2D eigenvalue weighted by atomic mass is 16.1. The van der Waals surface area contributed by atoms with E-state index in [2.05, 4.69) is 10.3 Å². The van der Waals surface area contributed by atoms with Crippen molar-refractivity contribution in [3.05, 3.63) is 29.6 Å². The van der Waals surface area contributed by atoms with E-state index in [0.29, 0.717) is 5.56 Å². The van der Waals surface area contributed by atoms with E-state index in [0.717, 1.165) is 25.0 Å². The van der Waals surface area contributed by atoms with Crippen molar-refractivity contribution >= 4 is 5.91 Å². The molecule has 0 aliphatic heterocycles. The van der Waals surface area contributed by atoms with Gasteiger partial charge >= 0.3 is 0 Å². The normalized spacial score (nSPS) is 24.4. The van der Waals surface area contributed by atoms with Gasteiger partial charge < -0.3 is 11.1 Å². The molecule has 2 atom stereocenters. The zero-order valence-corrected chi connectivity index (χ0v) is 10.1. The van der Waals surface area contributed by atoms with E-state index in [1.54, 1.807) is 18.3 Å². The molecule has 17 heavy (non-hydrogen) atoms. The fourth-order valence-corrected chi connectivity index (χ4v) is 2.28. The molecule has 1 aromatic heterocycles. The second-order valence-corrected chi connectivity index (χ2v) is 4.71. The molecule has 2 rings (SSSR count). The SMILES string of the molecule is Cc1cc(C(=O)N[C@@H]2CCCC[C@H]2N)ccn1. The van der Waals surface area contributed by atoms with E-state index in [9.17, 15) is 4.79 Å². The number of nitrogens with two attached hydrogens (primary N) is 1. The van der Waals surface area contributed by atoms with Crippen molar-refractivity contribution in [2.24, 2.45) is 5.73 Å². The summed E-state index contributed by atoms with van der Waals surface area (Å²) < 4.78 is 0. The summed E-state index contributed by atoms with van der Waals surface area (Å²) in [5.74, 6) is -0.0437. The minimum absolute atomic E-state index is 0.0437. The first-order chi connectivity index (χ1) is 8.16. The molecule has 4 heteroatoms. The van der Waals surface area contributed by atoms with Crippen LogP contribution < -0.4 is 11.1 Å². The van der Waals surface area contributed by atoms with Gasteiger partial charge in [-0.3, -0.25) is 9.78 Å². The average Bonchev–Trinajstić information content (AvgIpc) is 2.32. The van der Waals surface area contributed by atoms with Crippen molar-refractivity contribution in [3.8, 4) is 0 Å². The number of aryl methyl sites for hydroxylation is 1. The second-order valence-electron chi connectivity index (χ2n) is 4.71. The van der Waals surface area contributed by atoms with E-state index in [1.807, 2.05) is 6.92 Å². The van der Waals surface area contributed by atoms with E-state index in [4.69, 9.17) is 5.73 Å². The highest BCUT2D eigenvalue weighted by molar-refractivity contribution is 5.94. The molecule has 1 saturated carbocycles. The van der Waals surface area contributed by atoms with Crippen LogP contribution in [-0.2, 0) is 0 Å². The molecule has 3 N–H and O–H groups in total. The summed E-state index contributed by atoms with van der Waals surface area (Å²) >= 11 is 0. The molecular weight excluding hydrogens is 214 g/mol. The summed E-state index contributed by atoms with van der Waals surface area (Å²) in [5.41, 5.74) is 7.52. The molecule has 0 aromatic carbocycles. The highest BCUT2D eigenvalue weighted by Crippen LogP contribution is 2.17. The van der Waals surface area contributed by atoms with Gasteiger partial charge in [-0.25, -0.2) is 0 Å². The third-order valence-electron chi connectivity index (χ3n) is 3.29. The summed E-state index contributed by atoms with van der Waals surface area (Å²) in [5, 5.41) is 3.02. The summed E-state index contributed by atoms with van der Waals surface area (Å²) in [6.45, 7) is 1.88. The zero-order chi connectivity index (χ0) is 12.3. The number of hydrogen-bond donors (Lipinski definition) is 2. The van der Waals surface area contributed by atoms with Crippen LogP contribution in [-0.4, -0.2) is 23.0 Å². The molecule has 1 amide bonds. The predicted octanol–water partition coefficient (Wildman–Crippen LogP) is 1.39. The Labute approximate surface area is 102 Å². The van der Waals surface area contributed by atoms with Gasteiger partial charge in [0.15, 0.2) is 0 Å². The van der Waals surface area contributed by atoms with E-state index in [1.165, 1.54) is 6.42 Å². The van der Waals surface area contributed by atoms with Gasteiger partial charge in [0, 0.05) is 29.5 Å². The number of pyridine rings is 1. The smallest absolute Gasteiger partial charge is 0.251 e. The van der Waals surface area contributed by atoms with Crippen LogP contribution in [0.5, 0.6) is 0 Å². The second kappa shape index (κ2) is 5.27.